The first-order valence-electron chi connectivity index (χ1n) is 22.8. The Morgan fingerprint density at radius 2 is 1.65 bits per heavy atom. The summed E-state index contributed by atoms with van der Waals surface area (Å²) in [7, 11) is 0.609. The van der Waals surface area contributed by atoms with Gasteiger partial charge in [0.25, 0.3) is 0 Å². The van der Waals surface area contributed by atoms with Gasteiger partial charge in [-0.2, -0.15) is 13.2 Å². The fourth-order valence-corrected chi connectivity index (χ4v) is 6.08. The Morgan fingerprint density at radius 3 is 2.33 bits per heavy atom. The number of fused-ring (bicyclic) bond motifs is 1. The van der Waals surface area contributed by atoms with Gasteiger partial charge in [-0.15, -0.1) is 11.8 Å². The van der Waals surface area contributed by atoms with Crippen LogP contribution in [0.2, 0.25) is 0 Å². The quantitative estimate of drug-likeness (QED) is 0.0948. The van der Waals surface area contributed by atoms with Crippen LogP contribution in [0.3, 0.4) is 0 Å². The number of halogens is 5. The van der Waals surface area contributed by atoms with Crippen LogP contribution in [0.1, 0.15) is 50.0 Å². The molecule has 0 spiro atoms. The molecule has 0 radical (unpaired) electrons. The molecule has 5 aromatic rings. The number of thioether (sulfide) groups is 1. The van der Waals surface area contributed by atoms with Crippen molar-refractivity contribution in [2.24, 2.45) is 0 Å². The lowest BCUT2D eigenvalue weighted by molar-refractivity contribution is -0.137. The van der Waals surface area contributed by atoms with E-state index in [2.05, 4.69) is 4.74 Å². The maximum Gasteiger partial charge on any atom is 0.416 e. The van der Waals surface area contributed by atoms with Crippen molar-refractivity contribution in [2.75, 3.05) is 33.2 Å². The summed E-state index contributed by atoms with van der Waals surface area (Å²) in [5.41, 5.74) is -2.05. The van der Waals surface area contributed by atoms with E-state index in [1.165, 1.54) is 60.7 Å². The van der Waals surface area contributed by atoms with Crippen molar-refractivity contribution in [3.05, 3.63) is 136 Å². The van der Waals surface area contributed by atoms with Crippen LogP contribution in [0.5, 0.6) is 0 Å². The third kappa shape index (κ3) is 8.74. The van der Waals surface area contributed by atoms with E-state index in [1.807, 2.05) is 0 Å². The number of aromatic nitrogens is 1. The van der Waals surface area contributed by atoms with E-state index in [0.717, 1.165) is 36.4 Å². The number of methoxy groups -OCH3 is 1. The number of likely N-dealkylation sites (tertiary alicyclic amines) is 1. The predicted molar refractivity (Wildman–Crippen MR) is 193 cm³/mol. The number of piperidine rings is 1. The minimum Gasteiger partial charge on any atom is -0.383 e. The summed E-state index contributed by atoms with van der Waals surface area (Å²) in [5, 5.41) is -0.681. The van der Waals surface area contributed by atoms with E-state index in [-0.39, 0.29) is 38.1 Å². The third-order valence-electron chi connectivity index (χ3n) is 7.69. The van der Waals surface area contributed by atoms with Gasteiger partial charge in [-0.3, -0.25) is 9.59 Å². The molecule has 6 rings (SSSR count). The first-order chi connectivity index (χ1) is 30.7. The first kappa shape index (κ1) is 22.5. The van der Waals surface area contributed by atoms with E-state index in [9.17, 15) is 36.3 Å². The molecule has 2 heterocycles. The molecule has 4 aromatic carbocycles. The van der Waals surface area contributed by atoms with Crippen LogP contribution in [0, 0.1) is 11.6 Å². The van der Waals surface area contributed by atoms with Crippen molar-refractivity contribution in [3.8, 4) is 11.1 Å². The molecule has 0 N–H and O–H groups in total. The summed E-state index contributed by atoms with van der Waals surface area (Å²) in [5.74, 6) is -5.12. The molecule has 1 amide bonds. The lowest BCUT2D eigenvalue weighted by Crippen LogP contribution is -2.48. The fraction of sp³-hybridized carbons (Fsp3) is 0.300. The van der Waals surface area contributed by atoms with Gasteiger partial charge in [0.05, 0.1) is 29.5 Å². The number of carbonyl (C=O) groups is 1. The topological polar surface area (TPSA) is 54.8 Å². The maximum absolute atomic E-state index is 15.4. The summed E-state index contributed by atoms with van der Waals surface area (Å²) in [6, 6.07) is 13.6. The van der Waals surface area contributed by atoms with E-state index >= 15 is 4.79 Å². The molecule has 272 valence electrons. The van der Waals surface area contributed by atoms with E-state index in [0.29, 0.717) is 23.4 Å². The lowest BCUT2D eigenvalue weighted by Gasteiger charge is -2.39. The number of pyridine rings is 1. The molecule has 1 fully saturated rings. The van der Waals surface area contributed by atoms with Crippen molar-refractivity contribution in [1.29, 1.82) is 0 Å². The molecule has 1 aliphatic heterocycles. The van der Waals surface area contributed by atoms with Gasteiger partial charge in [0.2, 0.25) is 5.91 Å². The standard InChI is InChI=1S/C40H38F5N3O3S/c1-51-22-21-46-19-17-32(18-20-46)47(24-27-9-11-28(12-10-27)29-13-15-31(16-14-29)40(43,44)45)37(50)25-48-35-8-3-2-6-33(35)36(49)23-38(48)52-26-30-5-4-7-34(41)39(30)42/h2-16,23,32H,17-22,24-26H2,1H3/i17D2,18D2,19D2,20D2,21D2,22D2,25D2,32D. The number of para-hydroxylation sites is 1. The number of hydrogen-bond acceptors (Lipinski definition) is 5. The molecule has 12 heteroatoms. The second kappa shape index (κ2) is 16.4. The highest BCUT2D eigenvalue weighted by Gasteiger charge is 2.31. The molecule has 0 bridgehead atoms. The molecule has 0 aliphatic carbocycles. The van der Waals surface area contributed by atoms with Gasteiger partial charge < -0.3 is 19.1 Å². The highest BCUT2D eigenvalue weighted by molar-refractivity contribution is 7.98. The van der Waals surface area contributed by atoms with E-state index in [1.54, 1.807) is 0 Å². The van der Waals surface area contributed by atoms with Crippen molar-refractivity contribution in [3.63, 3.8) is 0 Å². The van der Waals surface area contributed by atoms with Crippen LogP contribution in [0.15, 0.2) is 107 Å². The first-order valence-corrected chi connectivity index (χ1v) is 16.3. The Bertz CT molecular complexity index is 2730. The summed E-state index contributed by atoms with van der Waals surface area (Å²) < 4.78 is 209. The Morgan fingerprint density at radius 1 is 0.981 bits per heavy atom. The molecule has 6 nitrogen and oxygen atoms in total. The third-order valence-corrected chi connectivity index (χ3v) is 8.74. The van der Waals surface area contributed by atoms with Crippen LogP contribution in [-0.2, 0) is 34.5 Å². The number of benzene rings is 4. The van der Waals surface area contributed by atoms with Gasteiger partial charge in [-0.05, 0) is 59.8 Å². The molecule has 52 heavy (non-hydrogen) atoms. The number of hydrogen-bond donors (Lipinski definition) is 0. The highest BCUT2D eigenvalue weighted by atomic mass is 32.2. The van der Waals surface area contributed by atoms with Gasteiger partial charge in [0.1, 0.15) is 6.50 Å². The van der Waals surface area contributed by atoms with Crippen molar-refractivity contribution in [1.82, 2.24) is 14.4 Å². The van der Waals surface area contributed by atoms with Gasteiger partial charge in [0, 0.05) is 75.6 Å². The molecule has 1 aromatic heterocycles. The maximum atomic E-state index is 15.4. The van der Waals surface area contributed by atoms with Crippen molar-refractivity contribution < 1.29 is 52.0 Å². The van der Waals surface area contributed by atoms with Crippen LogP contribution in [0.25, 0.3) is 22.0 Å². The number of amides is 1. The van der Waals surface area contributed by atoms with Crippen molar-refractivity contribution >= 4 is 28.6 Å². The smallest absolute Gasteiger partial charge is 0.383 e. The largest absolute Gasteiger partial charge is 0.416 e. The summed E-state index contributed by atoms with van der Waals surface area (Å²) in [4.78, 5) is 27.9. The molecular formula is C40H38F5N3O3S. The monoisotopic (exact) mass is 750 g/mol. The molecule has 0 saturated carbocycles. The van der Waals surface area contributed by atoms with Gasteiger partial charge in [0.15, 0.2) is 17.1 Å². The van der Waals surface area contributed by atoms with Crippen LogP contribution >= 0.6 is 11.8 Å². The molecular weight excluding hydrogens is 698 g/mol. The average molecular weight is 751 g/mol. The normalized spacial score (nSPS) is 23.8. The number of nitrogens with zero attached hydrogens (tertiary/aromatic N) is 3. The number of ether oxygens (including phenoxy) is 1. The predicted octanol–water partition coefficient (Wildman–Crippen LogP) is 8.40. The second-order valence-corrected chi connectivity index (χ2v) is 12.0. The van der Waals surface area contributed by atoms with Crippen LogP contribution in [0.4, 0.5) is 22.0 Å². The Labute approximate surface area is 323 Å². The Hall–Kier alpha value is -4.52. The SMILES string of the molecule is [2H]C([2H])(C(=O)N(Cc1ccc(-c2ccc(C(F)(F)F)cc2)cc1)C1([2H])C([2H])([2H])C([2H])([2H])N(C([2H])([2H])C([2H])([2H])OC)C([2H])([2H])C1([2H])[2H])n1c(SCc2cccc(F)c2F)cc(=O)c2ccccc21. The Kier molecular flexibility index (Phi) is 7.12. The number of alkyl halides is 3. The summed E-state index contributed by atoms with van der Waals surface area (Å²) in [6.07, 6.45) is -13.4. The van der Waals surface area contributed by atoms with E-state index in [4.69, 9.17) is 11.0 Å². The molecule has 0 unspecified atom stereocenters. The van der Waals surface area contributed by atoms with Gasteiger partial charge >= 0.3 is 6.18 Å². The zero-order valence-electron chi connectivity index (χ0n) is 42.0. The minimum absolute atomic E-state index is 0.138. The highest BCUT2D eigenvalue weighted by Crippen LogP contribution is 2.32. The number of carbonyl (C=O) groups excluding carboxylic acids is 1. The van der Waals surface area contributed by atoms with Gasteiger partial charge in [-0.25, -0.2) is 8.78 Å². The lowest BCUT2D eigenvalue weighted by atomic mass is 10.00. The van der Waals surface area contributed by atoms with Crippen LogP contribution in [-0.4, -0.2) is 59.5 Å². The zero-order valence-corrected chi connectivity index (χ0v) is 27.8. The summed E-state index contributed by atoms with van der Waals surface area (Å²) in [6.45, 7) is -21.5. The summed E-state index contributed by atoms with van der Waals surface area (Å²) >= 11 is 0.527. The average Bonchev–Trinajstić information content (AvgIpc) is 3.24. The Balaban J connectivity index is 1.59. The van der Waals surface area contributed by atoms with Crippen LogP contribution < -0.4 is 5.43 Å². The zero-order chi connectivity index (χ0) is 50.3. The number of rotatable bonds is 12. The van der Waals surface area contributed by atoms with Gasteiger partial charge in [-0.1, -0.05) is 60.7 Å². The molecule has 0 atom stereocenters. The van der Waals surface area contributed by atoms with Crippen molar-refractivity contribution in [2.45, 2.75) is 48.8 Å². The molecule has 1 saturated heterocycles. The minimum atomic E-state index is -4.66. The second-order valence-electron chi connectivity index (χ2n) is 11.1. The molecule has 1 aliphatic rings. The fourth-order valence-electron chi connectivity index (χ4n) is 5.09. The van der Waals surface area contributed by atoms with E-state index < -0.39 is 108 Å².